The molecule has 0 unspecified atom stereocenters. The van der Waals surface area contributed by atoms with Crippen molar-refractivity contribution in [2.24, 2.45) is 45.3 Å². The Morgan fingerprint density at radius 1 is 0.872 bits per heavy atom. The molecule has 0 bridgehead atoms. The summed E-state index contributed by atoms with van der Waals surface area (Å²) in [5.74, 6) is -0.124. The topological polar surface area (TPSA) is 146 Å². The maximum atomic E-state index is 12.1. The second kappa shape index (κ2) is 13.1. The van der Waals surface area contributed by atoms with Gasteiger partial charge < -0.3 is 39.7 Å². The highest BCUT2D eigenvalue weighted by Crippen LogP contribution is 2.76. The van der Waals surface area contributed by atoms with Crippen molar-refractivity contribution in [3.8, 4) is 0 Å². The number of aliphatic hydroxyl groups is 5. The molecule has 0 radical (unpaired) electrons. The van der Waals surface area contributed by atoms with E-state index in [2.05, 4.69) is 67.5 Å². The Morgan fingerprint density at radius 2 is 1.55 bits per heavy atom. The van der Waals surface area contributed by atoms with Crippen LogP contribution in [0.25, 0.3) is 0 Å². The Morgan fingerprint density at radius 3 is 2.19 bits per heavy atom. The number of esters is 1. The van der Waals surface area contributed by atoms with Gasteiger partial charge >= 0.3 is 5.97 Å². The lowest BCUT2D eigenvalue weighted by molar-refractivity contribution is -0.346. The van der Waals surface area contributed by atoms with Gasteiger partial charge in [-0.25, -0.2) is 0 Å². The van der Waals surface area contributed by atoms with Gasteiger partial charge in [0.15, 0.2) is 6.29 Å². The first-order valence-electron chi connectivity index (χ1n) is 17.9. The lowest BCUT2D eigenvalue weighted by Crippen LogP contribution is -2.70. The third-order valence-corrected chi connectivity index (χ3v) is 14.2. The number of rotatable bonds is 7. The minimum absolute atomic E-state index is 0.0938. The van der Waals surface area contributed by atoms with Gasteiger partial charge in [-0.3, -0.25) is 4.79 Å². The number of hydrogen-bond donors (Lipinski definition) is 5. The van der Waals surface area contributed by atoms with Gasteiger partial charge in [-0.2, -0.15) is 0 Å². The van der Waals surface area contributed by atoms with Crippen molar-refractivity contribution in [2.45, 2.75) is 156 Å². The highest BCUT2D eigenvalue weighted by molar-refractivity contribution is 5.65. The summed E-state index contributed by atoms with van der Waals surface area (Å²) in [7, 11) is 0. The average Bonchev–Trinajstić information content (AvgIpc) is 3.35. The number of carbonyl (C=O) groups is 1. The second-order valence-corrected chi connectivity index (χ2v) is 17.4. The fourth-order valence-corrected chi connectivity index (χ4v) is 11.7. The zero-order valence-electron chi connectivity index (χ0n) is 30.1. The van der Waals surface area contributed by atoms with Gasteiger partial charge in [-0.15, -0.1) is 0 Å². The minimum Gasteiger partial charge on any atom is -0.463 e. The molecule has 1 heterocycles. The predicted octanol–water partition coefficient (Wildman–Crippen LogP) is 4.67. The second-order valence-electron chi connectivity index (χ2n) is 17.4. The van der Waals surface area contributed by atoms with E-state index in [4.69, 9.17) is 14.2 Å². The molecule has 1 saturated heterocycles. The number of allylic oxidation sites excluding steroid dienone is 4. The molecule has 0 aromatic heterocycles. The van der Waals surface area contributed by atoms with Gasteiger partial charge in [-0.05, 0) is 111 Å². The first-order valence-corrected chi connectivity index (χ1v) is 17.9. The van der Waals surface area contributed by atoms with E-state index in [9.17, 15) is 30.3 Å². The van der Waals surface area contributed by atoms with E-state index < -0.39 is 60.4 Å². The lowest BCUT2D eigenvalue weighted by Gasteiger charge is -2.72. The molecule has 0 spiro atoms. The van der Waals surface area contributed by atoms with E-state index in [0.29, 0.717) is 19.3 Å². The molecule has 5 aliphatic rings. The van der Waals surface area contributed by atoms with E-state index in [1.807, 2.05) is 0 Å². The maximum absolute atomic E-state index is 12.1. The van der Waals surface area contributed by atoms with Gasteiger partial charge in [0.25, 0.3) is 0 Å². The first-order chi connectivity index (χ1) is 21.8. The first kappa shape index (κ1) is 36.9. The Balaban J connectivity index is 1.53. The van der Waals surface area contributed by atoms with Gasteiger partial charge in [0.1, 0.15) is 31.0 Å². The SMILES string of the molecule is CC(=O)OC[C@H]1O[C@@H](O[C@H]2C[C@]3(C)[C@H](C[C@@H](O)[C@@H]4[C@@H](/C(C)=C/CC=C(C)C)CC[C@]43C)[C@@]3(C)CC[C@H](O)C(C)(C)[C@H]23)[C@H](O)[C@@H](O)[C@@H]1O. The highest BCUT2D eigenvalue weighted by Gasteiger charge is 2.72. The summed E-state index contributed by atoms with van der Waals surface area (Å²) < 4.78 is 18.0. The number of hydrogen-bond acceptors (Lipinski definition) is 9. The average molecular weight is 663 g/mol. The molecule has 0 amide bonds. The molecule has 5 fully saturated rings. The Hall–Kier alpha value is -1.33. The summed E-state index contributed by atoms with van der Waals surface area (Å²) in [5.41, 5.74) is 1.37. The van der Waals surface area contributed by atoms with Crippen LogP contribution in [0.2, 0.25) is 0 Å². The van der Waals surface area contributed by atoms with E-state index in [-0.39, 0.29) is 46.5 Å². The monoisotopic (exact) mass is 662 g/mol. The molecule has 4 aliphatic carbocycles. The van der Waals surface area contributed by atoms with Gasteiger partial charge in [0, 0.05) is 6.92 Å². The van der Waals surface area contributed by atoms with E-state index in [1.165, 1.54) is 18.1 Å². The molecular weight excluding hydrogens is 600 g/mol. The van der Waals surface area contributed by atoms with Crippen LogP contribution in [-0.4, -0.2) is 87.1 Å². The van der Waals surface area contributed by atoms with Gasteiger partial charge in [0.2, 0.25) is 0 Å². The standard InChI is InChI=1S/C38H62O9/c1-20(2)11-10-12-21(3)23-13-16-37(8)29(23)24(40)17-27-36(7)15-14-28(41)35(5,6)33(36)25(18-38(27,37)9)46-34-32(44)31(43)30(42)26(47-34)19-45-22(4)39/h11-12,23-34,40-44H,10,13-19H2,1-9H3/b21-12+/t23-,24-,25+,26-,27-,28+,29+,30-,31+,32-,33+,34-,36-,37-,38-/m1/s1. The minimum atomic E-state index is -1.55. The summed E-state index contributed by atoms with van der Waals surface area (Å²) >= 11 is 0. The molecule has 4 saturated carbocycles. The van der Waals surface area contributed by atoms with Crippen molar-refractivity contribution < 1.29 is 44.5 Å². The molecule has 0 aromatic rings. The Kier molecular flexibility index (Phi) is 10.3. The Labute approximate surface area is 281 Å². The molecule has 9 nitrogen and oxygen atoms in total. The van der Waals surface area contributed by atoms with Crippen LogP contribution in [0.4, 0.5) is 0 Å². The molecule has 15 atom stereocenters. The van der Waals surface area contributed by atoms with Crippen molar-refractivity contribution in [1.82, 2.24) is 0 Å². The quantitative estimate of drug-likeness (QED) is 0.149. The number of carbonyl (C=O) groups excluding carboxylic acids is 1. The van der Waals surface area contributed by atoms with Crippen LogP contribution >= 0.6 is 0 Å². The normalized spacial score (nSPS) is 49.4. The van der Waals surface area contributed by atoms with Crippen molar-refractivity contribution in [1.29, 1.82) is 0 Å². The summed E-state index contributed by atoms with van der Waals surface area (Å²) in [6, 6.07) is 0. The fourth-order valence-electron chi connectivity index (χ4n) is 11.7. The molecule has 1 aliphatic heterocycles. The lowest BCUT2D eigenvalue weighted by atomic mass is 9.34. The summed E-state index contributed by atoms with van der Waals surface area (Å²) in [4.78, 5) is 11.5. The van der Waals surface area contributed by atoms with Crippen LogP contribution in [0.15, 0.2) is 23.3 Å². The van der Waals surface area contributed by atoms with E-state index in [0.717, 1.165) is 25.7 Å². The summed E-state index contributed by atoms with van der Waals surface area (Å²) in [6.45, 7) is 18.7. The number of ether oxygens (including phenoxy) is 3. The van der Waals surface area contributed by atoms with Crippen LogP contribution < -0.4 is 0 Å². The van der Waals surface area contributed by atoms with Crippen molar-refractivity contribution >= 4 is 5.97 Å². The third kappa shape index (κ3) is 6.08. The number of aliphatic hydroxyl groups excluding tert-OH is 5. The summed E-state index contributed by atoms with van der Waals surface area (Å²) in [6.07, 6.45) is 1.89. The van der Waals surface area contributed by atoms with E-state index in [1.54, 1.807) is 0 Å². The van der Waals surface area contributed by atoms with Crippen LogP contribution in [0.3, 0.4) is 0 Å². The molecule has 5 rings (SSSR count). The molecule has 47 heavy (non-hydrogen) atoms. The smallest absolute Gasteiger partial charge is 0.302 e. The van der Waals surface area contributed by atoms with Crippen LogP contribution in [0.5, 0.6) is 0 Å². The van der Waals surface area contributed by atoms with Crippen LogP contribution in [-0.2, 0) is 19.0 Å². The van der Waals surface area contributed by atoms with Crippen molar-refractivity contribution in [3.05, 3.63) is 23.3 Å². The molecule has 268 valence electrons. The van der Waals surface area contributed by atoms with E-state index >= 15 is 0 Å². The summed E-state index contributed by atoms with van der Waals surface area (Å²) in [5, 5.41) is 56.1. The maximum Gasteiger partial charge on any atom is 0.302 e. The zero-order chi connectivity index (χ0) is 34.9. The zero-order valence-corrected chi connectivity index (χ0v) is 30.1. The van der Waals surface area contributed by atoms with Crippen LogP contribution in [0, 0.1) is 45.3 Å². The highest BCUT2D eigenvalue weighted by atomic mass is 16.7. The molecule has 5 N–H and O–H groups in total. The number of fused-ring (bicyclic) bond motifs is 5. The predicted molar refractivity (Wildman–Crippen MR) is 178 cm³/mol. The largest absolute Gasteiger partial charge is 0.463 e. The van der Waals surface area contributed by atoms with Gasteiger partial charge in [0.05, 0.1) is 18.3 Å². The van der Waals surface area contributed by atoms with Crippen LogP contribution in [0.1, 0.15) is 107 Å². The fraction of sp³-hybridized carbons (Fsp3) is 0.868. The molecule has 0 aromatic carbocycles. The van der Waals surface area contributed by atoms with Crippen molar-refractivity contribution in [3.63, 3.8) is 0 Å². The van der Waals surface area contributed by atoms with Gasteiger partial charge in [-0.1, -0.05) is 57.9 Å². The Bertz CT molecular complexity index is 1230. The van der Waals surface area contributed by atoms with Crippen molar-refractivity contribution in [2.75, 3.05) is 6.61 Å². The third-order valence-electron chi connectivity index (χ3n) is 14.2. The molecular formula is C38H62O9. The molecule has 9 heteroatoms.